The van der Waals surface area contributed by atoms with Crippen molar-refractivity contribution in [3.05, 3.63) is 29.6 Å². The molecule has 0 saturated heterocycles. The van der Waals surface area contributed by atoms with Crippen LogP contribution in [0.2, 0.25) is 0 Å². The van der Waals surface area contributed by atoms with Crippen molar-refractivity contribution >= 4 is 16.9 Å². The van der Waals surface area contributed by atoms with Crippen LogP contribution in [0.25, 0.3) is 11.0 Å². The summed E-state index contributed by atoms with van der Waals surface area (Å²) in [5, 5.41) is 0.955. The Kier molecular flexibility index (Phi) is 3.54. The first kappa shape index (κ1) is 14.1. The molecule has 0 aliphatic heterocycles. The molecule has 2 aromatic heterocycles. The van der Waals surface area contributed by atoms with Gasteiger partial charge in [-0.15, -0.1) is 0 Å². The minimum Gasteiger partial charge on any atom is -0.345 e. The van der Waals surface area contributed by atoms with Crippen molar-refractivity contribution in [1.29, 1.82) is 0 Å². The Hall–Kier alpha value is -2.28. The number of pyridine rings is 1. The Balaban J connectivity index is 2.48. The normalized spacial score (nSPS) is 11.1. The number of H-pyrrole nitrogens is 1. The maximum Gasteiger partial charge on any atom is 0.298 e. The molecule has 1 amide bonds. The zero-order chi connectivity index (χ0) is 14.9. The number of aromatic amines is 1. The molecule has 20 heavy (non-hydrogen) atoms. The van der Waals surface area contributed by atoms with Crippen LogP contribution in [0.15, 0.2) is 18.5 Å². The molecular weight excluding hydrogens is 250 g/mol. The van der Waals surface area contributed by atoms with Crippen LogP contribution in [0.5, 0.6) is 0 Å². The lowest BCUT2D eigenvalue weighted by atomic mass is 9.88. The van der Waals surface area contributed by atoms with Crippen molar-refractivity contribution in [3.63, 3.8) is 0 Å². The van der Waals surface area contributed by atoms with Crippen molar-refractivity contribution in [1.82, 2.24) is 14.9 Å². The van der Waals surface area contributed by atoms with Gasteiger partial charge in [0.15, 0.2) is 0 Å². The first-order valence-electron chi connectivity index (χ1n) is 6.50. The van der Waals surface area contributed by atoms with E-state index < -0.39 is 0 Å². The number of nitrogens with zero attached hydrogens (tertiary/aromatic N) is 2. The van der Waals surface area contributed by atoms with Crippen LogP contribution in [0.1, 0.15) is 31.9 Å². The number of rotatable bonds is 0. The summed E-state index contributed by atoms with van der Waals surface area (Å²) in [7, 11) is 3.37. The lowest BCUT2D eigenvalue weighted by Crippen LogP contribution is -2.19. The fourth-order valence-electron chi connectivity index (χ4n) is 1.75. The van der Waals surface area contributed by atoms with Crippen molar-refractivity contribution < 1.29 is 4.79 Å². The molecule has 0 aromatic carbocycles. The number of carbonyl (C=O) groups excluding carboxylic acids is 1. The van der Waals surface area contributed by atoms with E-state index in [4.69, 9.17) is 0 Å². The summed E-state index contributed by atoms with van der Waals surface area (Å²) in [6.45, 7) is 6.43. The van der Waals surface area contributed by atoms with Crippen LogP contribution in [-0.4, -0.2) is 34.9 Å². The molecule has 0 saturated carbocycles. The van der Waals surface area contributed by atoms with Crippen LogP contribution in [0.3, 0.4) is 0 Å². The van der Waals surface area contributed by atoms with Gasteiger partial charge in [-0.2, -0.15) is 0 Å². The van der Waals surface area contributed by atoms with Crippen molar-refractivity contribution in [2.75, 3.05) is 14.1 Å². The summed E-state index contributed by atoms with van der Waals surface area (Å²) in [6.07, 6.45) is 3.67. The third-order valence-electron chi connectivity index (χ3n) is 3.11. The molecule has 2 rings (SSSR count). The van der Waals surface area contributed by atoms with Gasteiger partial charge < -0.3 is 9.88 Å². The number of amides is 1. The predicted molar refractivity (Wildman–Crippen MR) is 80.4 cm³/mol. The molecule has 2 aromatic rings. The van der Waals surface area contributed by atoms with E-state index in [2.05, 4.69) is 48.6 Å². The first-order chi connectivity index (χ1) is 9.29. The minimum absolute atomic E-state index is 0.0304. The Morgan fingerprint density at radius 2 is 2.05 bits per heavy atom. The summed E-state index contributed by atoms with van der Waals surface area (Å²) >= 11 is 0. The summed E-state index contributed by atoms with van der Waals surface area (Å²) in [6, 6.07) is 2.09. The molecule has 4 heteroatoms. The Morgan fingerprint density at radius 3 is 2.65 bits per heavy atom. The van der Waals surface area contributed by atoms with Crippen LogP contribution in [-0.2, 0) is 10.2 Å². The zero-order valence-corrected chi connectivity index (χ0v) is 12.5. The minimum atomic E-state index is -0.209. The van der Waals surface area contributed by atoms with E-state index in [0.717, 1.165) is 22.2 Å². The highest BCUT2D eigenvalue weighted by atomic mass is 16.2. The van der Waals surface area contributed by atoms with Gasteiger partial charge in [0.05, 0.1) is 5.56 Å². The second kappa shape index (κ2) is 5.01. The van der Waals surface area contributed by atoms with E-state index >= 15 is 0 Å². The number of fused-ring (bicyclic) bond motifs is 1. The third-order valence-corrected chi connectivity index (χ3v) is 3.11. The summed E-state index contributed by atoms with van der Waals surface area (Å²) in [4.78, 5) is 20.5. The molecule has 0 bridgehead atoms. The van der Waals surface area contributed by atoms with Gasteiger partial charge in [-0.3, -0.25) is 4.79 Å². The van der Waals surface area contributed by atoms with E-state index in [9.17, 15) is 4.79 Å². The van der Waals surface area contributed by atoms with Gasteiger partial charge in [-0.1, -0.05) is 26.7 Å². The number of aromatic nitrogens is 2. The summed E-state index contributed by atoms with van der Waals surface area (Å²) in [5.41, 5.74) is 2.77. The molecule has 2 heterocycles. The number of hydrogen-bond donors (Lipinski definition) is 1. The fraction of sp³-hybridized carbons (Fsp3) is 0.375. The molecule has 4 nitrogen and oxygen atoms in total. The maximum atomic E-state index is 11.5. The molecule has 104 valence electrons. The van der Waals surface area contributed by atoms with Gasteiger partial charge >= 0.3 is 0 Å². The third kappa shape index (κ3) is 2.83. The highest BCUT2D eigenvalue weighted by Crippen LogP contribution is 2.25. The number of hydrogen-bond acceptors (Lipinski definition) is 2. The average Bonchev–Trinajstić information content (AvgIpc) is 2.77. The summed E-state index contributed by atoms with van der Waals surface area (Å²) in [5.74, 6) is 5.33. The van der Waals surface area contributed by atoms with E-state index in [-0.39, 0.29) is 11.3 Å². The molecule has 0 unspecified atom stereocenters. The van der Waals surface area contributed by atoms with Gasteiger partial charge in [0.25, 0.3) is 5.91 Å². The lowest BCUT2D eigenvalue weighted by molar-refractivity contribution is -0.122. The van der Waals surface area contributed by atoms with Crippen molar-refractivity contribution in [2.45, 2.75) is 26.2 Å². The topological polar surface area (TPSA) is 49.0 Å². The Labute approximate surface area is 119 Å². The summed E-state index contributed by atoms with van der Waals surface area (Å²) < 4.78 is 0. The van der Waals surface area contributed by atoms with Crippen LogP contribution in [0, 0.1) is 11.8 Å². The van der Waals surface area contributed by atoms with Gasteiger partial charge in [0.1, 0.15) is 5.65 Å². The fourth-order valence-corrected chi connectivity index (χ4v) is 1.75. The van der Waals surface area contributed by atoms with E-state index in [1.54, 1.807) is 20.3 Å². The second-order valence-electron chi connectivity index (χ2n) is 6.02. The van der Waals surface area contributed by atoms with Gasteiger partial charge in [0.2, 0.25) is 0 Å². The maximum absolute atomic E-state index is 11.5. The molecule has 0 aliphatic rings. The first-order valence-corrected chi connectivity index (χ1v) is 6.50. The van der Waals surface area contributed by atoms with Crippen molar-refractivity contribution in [3.8, 4) is 11.8 Å². The molecule has 0 fully saturated rings. The molecule has 1 N–H and O–H groups in total. The molecule has 0 atom stereocenters. The van der Waals surface area contributed by atoms with Crippen LogP contribution in [0.4, 0.5) is 0 Å². The highest BCUT2D eigenvalue weighted by Gasteiger charge is 2.15. The Bertz CT molecular complexity index is 709. The molecule has 0 aliphatic carbocycles. The lowest BCUT2D eigenvalue weighted by Gasteiger charge is -2.18. The average molecular weight is 269 g/mol. The standard InChI is InChI=1S/C16H19N3O/c1-16(2,3)12-8-13-11(6-7-14(20)19(4)5)9-17-15(13)18-10-12/h8-10H,1-5H3,(H,17,18). The monoisotopic (exact) mass is 269 g/mol. The number of carbonyl (C=O) groups is 1. The quantitative estimate of drug-likeness (QED) is 0.746. The number of nitrogens with one attached hydrogen (secondary N) is 1. The highest BCUT2D eigenvalue weighted by molar-refractivity contribution is 5.95. The van der Waals surface area contributed by atoms with Crippen LogP contribution < -0.4 is 0 Å². The van der Waals surface area contributed by atoms with E-state index in [1.165, 1.54) is 4.90 Å². The van der Waals surface area contributed by atoms with E-state index in [0.29, 0.717) is 0 Å². The molecule has 0 spiro atoms. The Morgan fingerprint density at radius 1 is 1.35 bits per heavy atom. The van der Waals surface area contributed by atoms with Gasteiger partial charge in [-0.25, -0.2) is 4.98 Å². The van der Waals surface area contributed by atoms with Gasteiger partial charge in [-0.05, 0) is 17.0 Å². The molecule has 0 radical (unpaired) electrons. The second-order valence-corrected chi connectivity index (χ2v) is 6.02. The predicted octanol–water partition coefficient (Wildman–Crippen LogP) is 2.30. The van der Waals surface area contributed by atoms with Crippen molar-refractivity contribution in [2.24, 2.45) is 0 Å². The largest absolute Gasteiger partial charge is 0.345 e. The smallest absolute Gasteiger partial charge is 0.298 e. The van der Waals surface area contributed by atoms with Gasteiger partial charge in [0, 0.05) is 37.8 Å². The SMILES string of the molecule is CN(C)C(=O)C#Cc1c[nH]c2ncc(C(C)(C)C)cc12. The van der Waals surface area contributed by atoms with Crippen LogP contribution >= 0.6 is 0 Å². The zero-order valence-electron chi connectivity index (χ0n) is 12.5. The van der Waals surface area contributed by atoms with E-state index in [1.807, 2.05) is 6.20 Å². The molecular formula is C16H19N3O.